The molecule has 0 aromatic heterocycles. The number of carbonyl (C=O) groups excluding carboxylic acids is 2. The van der Waals surface area contributed by atoms with Crippen molar-refractivity contribution in [1.29, 1.82) is 0 Å². The number of rotatable bonds is 2. The van der Waals surface area contributed by atoms with E-state index in [9.17, 15) is 19.1 Å². The molecule has 1 unspecified atom stereocenters. The Balaban J connectivity index is 2.25. The second-order valence-corrected chi connectivity index (χ2v) is 6.13. The first-order chi connectivity index (χ1) is 10.9. The number of imide groups is 1. The topological polar surface area (TPSA) is 57.6 Å². The number of benzene rings is 2. The van der Waals surface area contributed by atoms with E-state index in [0.717, 1.165) is 6.07 Å². The summed E-state index contributed by atoms with van der Waals surface area (Å²) >= 11 is 11.7. The Hall–Kier alpha value is -1.95. The molecule has 0 spiro atoms. The summed E-state index contributed by atoms with van der Waals surface area (Å²) in [6.45, 7) is 0. The van der Waals surface area contributed by atoms with E-state index in [4.69, 9.17) is 23.2 Å². The third-order valence-corrected chi connectivity index (χ3v) is 4.31. The van der Waals surface area contributed by atoms with Crippen LogP contribution in [0.5, 0.6) is 0 Å². The number of amides is 2. The summed E-state index contributed by atoms with van der Waals surface area (Å²) in [7, 11) is 0. The average Bonchev–Trinajstić information content (AvgIpc) is 2.53. The molecule has 2 amide bonds. The van der Waals surface area contributed by atoms with Gasteiger partial charge in [-0.25, -0.2) is 9.29 Å². The molecule has 118 valence electrons. The van der Waals surface area contributed by atoms with E-state index < -0.39 is 28.1 Å². The van der Waals surface area contributed by atoms with Crippen LogP contribution in [0.15, 0.2) is 48.5 Å². The first kappa shape index (κ1) is 15.9. The normalized spacial score (nSPS) is 20.8. The average molecular weight is 354 g/mol. The monoisotopic (exact) mass is 353 g/mol. The van der Waals surface area contributed by atoms with Crippen molar-refractivity contribution in [1.82, 2.24) is 0 Å². The van der Waals surface area contributed by atoms with Crippen molar-refractivity contribution in [3.05, 3.63) is 65.5 Å². The van der Waals surface area contributed by atoms with Crippen molar-refractivity contribution in [3.8, 4) is 0 Å². The van der Waals surface area contributed by atoms with Crippen LogP contribution >= 0.6 is 23.2 Å². The lowest BCUT2D eigenvalue weighted by atomic mass is 9.85. The van der Waals surface area contributed by atoms with Crippen LogP contribution in [0.1, 0.15) is 15.9 Å². The molecular formula is C16H10Cl2FNO3. The van der Waals surface area contributed by atoms with Gasteiger partial charge in [-0.1, -0.05) is 24.3 Å². The smallest absolute Gasteiger partial charge is 0.273 e. The molecule has 0 saturated carbocycles. The maximum atomic E-state index is 13.5. The van der Waals surface area contributed by atoms with Gasteiger partial charge in [0.15, 0.2) is 0 Å². The lowest BCUT2D eigenvalue weighted by Gasteiger charge is -2.38. The van der Waals surface area contributed by atoms with Gasteiger partial charge in [0.2, 0.25) is 5.60 Å². The second-order valence-electron chi connectivity index (χ2n) is 5.04. The molecule has 0 saturated heterocycles. The van der Waals surface area contributed by atoms with Gasteiger partial charge in [-0.2, -0.15) is 0 Å². The van der Waals surface area contributed by atoms with Crippen LogP contribution in [0.2, 0.25) is 0 Å². The predicted octanol–water partition coefficient (Wildman–Crippen LogP) is 3.00. The number of hydrogen-bond acceptors (Lipinski definition) is 3. The number of hydrogen-bond donors (Lipinski definition) is 1. The fraction of sp³-hybridized carbons (Fsp3) is 0.125. The van der Waals surface area contributed by atoms with Crippen molar-refractivity contribution >= 4 is 40.7 Å². The highest BCUT2D eigenvalue weighted by Crippen LogP contribution is 2.41. The van der Waals surface area contributed by atoms with E-state index in [2.05, 4.69) is 0 Å². The zero-order valence-corrected chi connectivity index (χ0v) is 13.1. The summed E-state index contributed by atoms with van der Waals surface area (Å²) in [6.07, 6.45) is 0. The molecule has 1 heterocycles. The highest BCUT2D eigenvalue weighted by Gasteiger charge is 2.54. The van der Waals surface area contributed by atoms with E-state index in [-0.39, 0.29) is 16.8 Å². The number of carbonyl (C=O) groups is 2. The van der Waals surface area contributed by atoms with E-state index in [1.54, 1.807) is 12.1 Å². The molecule has 1 aliphatic heterocycles. The van der Waals surface area contributed by atoms with Crippen LogP contribution in [0, 0.1) is 5.82 Å². The Morgan fingerprint density at radius 3 is 2.43 bits per heavy atom. The Morgan fingerprint density at radius 1 is 1.09 bits per heavy atom. The standard InChI is InChI=1S/C16H10Cl2FNO3/c17-14(18)16(23)12-7-2-1-6-11(12)13(21)20(15(16)22)10-5-3-4-9(19)8-10/h1-8,14,23H. The van der Waals surface area contributed by atoms with E-state index in [1.807, 2.05) is 0 Å². The summed E-state index contributed by atoms with van der Waals surface area (Å²) in [5.41, 5.74) is -2.22. The van der Waals surface area contributed by atoms with Crippen LogP contribution in [-0.4, -0.2) is 21.8 Å². The molecule has 0 radical (unpaired) electrons. The Kier molecular flexibility index (Phi) is 3.88. The first-order valence-electron chi connectivity index (χ1n) is 6.62. The van der Waals surface area contributed by atoms with Crippen LogP contribution in [0.25, 0.3) is 0 Å². The van der Waals surface area contributed by atoms with Crippen LogP contribution < -0.4 is 4.90 Å². The van der Waals surface area contributed by atoms with Crippen molar-refractivity contribution in [2.75, 3.05) is 4.90 Å². The number of anilines is 1. The minimum absolute atomic E-state index is 0.0121. The molecule has 0 fully saturated rings. The summed E-state index contributed by atoms with van der Waals surface area (Å²) < 4.78 is 13.5. The first-order valence-corrected chi connectivity index (χ1v) is 7.49. The molecule has 7 heteroatoms. The van der Waals surface area contributed by atoms with Gasteiger partial charge in [0.25, 0.3) is 11.8 Å². The minimum atomic E-state index is -2.31. The Bertz CT molecular complexity index is 811. The number of nitrogens with zero attached hydrogens (tertiary/aromatic N) is 1. The van der Waals surface area contributed by atoms with Gasteiger partial charge in [-0.15, -0.1) is 23.2 Å². The van der Waals surface area contributed by atoms with Gasteiger partial charge in [0.05, 0.1) is 5.69 Å². The molecule has 2 aromatic rings. The molecule has 1 atom stereocenters. The predicted molar refractivity (Wildman–Crippen MR) is 84.0 cm³/mol. The summed E-state index contributed by atoms with van der Waals surface area (Å²) in [4.78, 5) is 24.5. The summed E-state index contributed by atoms with van der Waals surface area (Å²) in [5, 5.41) is 10.8. The number of fused-ring (bicyclic) bond motifs is 1. The third-order valence-electron chi connectivity index (χ3n) is 3.68. The molecular weight excluding hydrogens is 344 g/mol. The van der Waals surface area contributed by atoms with Crippen molar-refractivity contribution in [3.63, 3.8) is 0 Å². The number of alkyl halides is 2. The van der Waals surface area contributed by atoms with Gasteiger partial charge in [-0.05, 0) is 24.3 Å². The van der Waals surface area contributed by atoms with Gasteiger partial charge < -0.3 is 5.11 Å². The molecule has 0 bridgehead atoms. The molecule has 1 aliphatic rings. The molecule has 23 heavy (non-hydrogen) atoms. The van der Waals surface area contributed by atoms with Gasteiger partial charge in [0, 0.05) is 11.1 Å². The minimum Gasteiger partial charge on any atom is -0.373 e. The fourth-order valence-corrected chi connectivity index (χ4v) is 2.98. The van der Waals surface area contributed by atoms with Crippen LogP contribution in [0.4, 0.5) is 10.1 Å². The molecule has 0 aliphatic carbocycles. The highest BCUT2D eigenvalue weighted by atomic mass is 35.5. The lowest BCUT2D eigenvalue weighted by Crippen LogP contribution is -2.57. The number of aliphatic hydroxyl groups is 1. The van der Waals surface area contributed by atoms with E-state index in [0.29, 0.717) is 4.90 Å². The van der Waals surface area contributed by atoms with Crippen LogP contribution in [-0.2, 0) is 10.4 Å². The molecule has 4 nitrogen and oxygen atoms in total. The van der Waals surface area contributed by atoms with Crippen molar-refractivity contribution < 1.29 is 19.1 Å². The molecule has 2 aromatic carbocycles. The largest absolute Gasteiger partial charge is 0.373 e. The lowest BCUT2D eigenvalue weighted by molar-refractivity contribution is -0.136. The summed E-state index contributed by atoms with van der Waals surface area (Å²) in [6, 6.07) is 10.9. The fourth-order valence-electron chi connectivity index (χ4n) is 2.56. The Morgan fingerprint density at radius 2 is 1.78 bits per heavy atom. The molecule has 3 rings (SSSR count). The zero-order valence-electron chi connectivity index (χ0n) is 11.5. The van der Waals surface area contributed by atoms with Gasteiger partial charge in [0.1, 0.15) is 10.7 Å². The van der Waals surface area contributed by atoms with Crippen LogP contribution in [0.3, 0.4) is 0 Å². The Labute approximate surface area is 141 Å². The third kappa shape index (κ3) is 2.32. The highest BCUT2D eigenvalue weighted by molar-refractivity contribution is 6.47. The van der Waals surface area contributed by atoms with Gasteiger partial charge >= 0.3 is 0 Å². The zero-order chi connectivity index (χ0) is 16.8. The second kappa shape index (κ2) is 5.60. The quantitative estimate of drug-likeness (QED) is 0.666. The maximum Gasteiger partial charge on any atom is 0.273 e. The summed E-state index contributed by atoms with van der Waals surface area (Å²) in [5.74, 6) is -2.34. The van der Waals surface area contributed by atoms with E-state index in [1.165, 1.54) is 30.3 Å². The molecule has 1 N–H and O–H groups in total. The van der Waals surface area contributed by atoms with Crippen molar-refractivity contribution in [2.24, 2.45) is 0 Å². The number of halogens is 3. The maximum absolute atomic E-state index is 13.5. The SMILES string of the molecule is O=C1c2ccccc2C(O)(C(Cl)Cl)C(=O)N1c1cccc(F)c1. The van der Waals surface area contributed by atoms with E-state index >= 15 is 0 Å². The van der Waals surface area contributed by atoms with Crippen molar-refractivity contribution in [2.45, 2.75) is 10.4 Å². The van der Waals surface area contributed by atoms with Gasteiger partial charge in [-0.3, -0.25) is 9.59 Å².